The molecule has 0 atom stereocenters. The van der Waals surface area contributed by atoms with Gasteiger partial charge in [0.05, 0.1) is 5.69 Å². The number of anilines is 1. The van der Waals surface area contributed by atoms with Crippen molar-refractivity contribution >= 4 is 16.5 Å². The number of rotatable bonds is 3. The number of thiazole rings is 1. The number of aryl methyl sites for hydroxylation is 5. The summed E-state index contributed by atoms with van der Waals surface area (Å²) in [6.07, 6.45) is 2.10. The highest BCUT2D eigenvalue weighted by atomic mass is 32.1. The van der Waals surface area contributed by atoms with Crippen LogP contribution in [0.15, 0.2) is 12.1 Å². The molecule has 0 bridgehead atoms. The van der Waals surface area contributed by atoms with Crippen molar-refractivity contribution < 1.29 is 0 Å². The van der Waals surface area contributed by atoms with E-state index in [4.69, 9.17) is 5.73 Å². The zero-order chi connectivity index (χ0) is 13.3. The average Bonchev–Trinajstić information content (AvgIpc) is 2.55. The summed E-state index contributed by atoms with van der Waals surface area (Å²) in [5.74, 6) is 0. The SMILES string of the molecule is Cc1cc(C)c(CCc2sc(N)nc2C)c(C)c1. The van der Waals surface area contributed by atoms with Crippen molar-refractivity contribution in [3.05, 3.63) is 45.0 Å². The predicted octanol–water partition coefficient (Wildman–Crippen LogP) is 3.74. The van der Waals surface area contributed by atoms with E-state index in [9.17, 15) is 0 Å². The monoisotopic (exact) mass is 260 g/mol. The number of benzene rings is 1. The molecule has 3 heteroatoms. The highest BCUT2D eigenvalue weighted by Gasteiger charge is 2.08. The molecule has 0 aliphatic rings. The lowest BCUT2D eigenvalue weighted by Crippen LogP contribution is -1.98. The van der Waals surface area contributed by atoms with Crippen molar-refractivity contribution in [1.82, 2.24) is 4.98 Å². The summed E-state index contributed by atoms with van der Waals surface area (Å²) in [6, 6.07) is 4.52. The van der Waals surface area contributed by atoms with Gasteiger partial charge in [-0.2, -0.15) is 0 Å². The molecule has 2 nitrogen and oxygen atoms in total. The Morgan fingerprint density at radius 2 is 1.67 bits per heavy atom. The lowest BCUT2D eigenvalue weighted by Gasteiger charge is -2.10. The maximum Gasteiger partial charge on any atom is 0.180 e. The number of nitrogen functional groups attached to an aromatic ring is 1. The van der Waals surface area contributed by atoms with Crippen molar-refractivity contribution in [3.63, 3.8) is 0 Å². The van der Waals surface area contributed by atoms with E-state index in [1.165, 1.54) is 27.1 Å². The van der Waals surface area contributed by atoms with E-state index in [1.54, 1.807) is 11.3 Å². The fourth-order valence-electron chi connectivity index (χ4n) is 2.53. The van der Waals surface area contributed by atoms with Crippen molar-refractivity contribution in [2.75, 3.05) is 5.73 Å². The van der Waals surface area contributed by atoms with Crippen LogP contribution in [0.25, 0.3) is 0 Å². The Balaban J connectivity index is 2.18. The molecule has 1 aromatic heterocycles. The van der Waals surface area contributed by atoms with Crippen molar-refractivity contribution in [3.8, 4) is 0 Å². The molecule has 18 heavy (non-hydrogen) atoms. The van der Waals surface area contributed by atoms with Gasteiger partial charge in [-0.3, -0.25) is 0 Å². The molecule has 0 radical (unpaired) electrons. The van der Waals surface area contributed by atoms with Crippen LogP contribution in [0.3, 0.4) is 0 Å². The third-order valence-corrected chi connectivity index (χ3v) is 4.40. The van der Waals surface area contributed by atoms with E-state index >= 15 is 0 Å². The smallest absolute Gasteiger partial charge is 0.180 e. The predicted molar refractivity (Wildman–Crippen MR) is 79.3 cm³/mol. The average molecular weight is 260 g/mol. The van der Waals surface area contributed by atoms with Gasteiger partial charge in [-0.25, -0.2) is 4.98 Å². The van der Waals surface area contributed by atoms with E-state index in [2.05, 4.69) is 37.9 Å². The molecule has 2 aromatic rings. The molecule has 0 aliphatic heterocycles. The Hall–Kier alpha value is -1.35. The van der Waals surface area contributed by atoms with Gasteiger partial charge in [0.25, 0.3) is 0 Å². The van der Waals surface area contributed by atoms with E-state index in [-0.39, 0.29) is 0 Å². The van der Waals surface area contributed by atoms with Crippen molar-refractivity contribution in [1.29, 1.82) is 0 Å². The van der Waals surface area contributed by atoms with Gasteiger partial charge in [0.15, 0.2) is 5.13 Å². The Morgan fingerprint density at radius 3 is 2.17 bits per heavy atom. The lowest BCUT2D eigenvalue weighted by molar-refractivity contribution is 0.938. The molecule has 0 aliphatic carbocycles. The van der Waals surface area contributed by atoms with Gasteiger partial charge in [-0.05, 0) is 57.2 Å². The van der Waals surface area contributed by atoms with Crippen LogP contribution in [-0.4, -0.2) is 4.98 Å². The first kappa shape index (κ1) is 13.1. The van der Waals surface area contributed by atoms with E-state index < -0.39 is 0 Å². The maximum absolute atomic E-state index is 5.74. The first-order valence-corrected chi connectivity index (χ1v) is 7.07. The topological polar surface area (TPSA) is 38.9 Å². The van der Waals surface area contributed by atoms with Gasteiger partial charge < -0.3 is 5.73 Å². The highest BCUT2D eigenvalue weighted by molar-refractivity contribution is 7.15. The van der Waals surface area contributed by atoms with Gasteiger partial charge in [-0.15, -0.1) is 11.3 Å². The number of hydrogen-bond donors (Lipinski definition) is 1. The summed E-state index contributed by atoms with van der Waals surface area (Å²) in [5, 5.41) is 0.680. The second-order valence-corrected chi connectivity index (χ2v) is 6.05. The molecule has 96 valence electrons. The summed E-state index contributed by atoms with van der Waals surface area (Å²) < 4.78 is 0. The second kappa shape index (κ2) is 5.11. The van der Waals surface area contributed by atoms with E-state index in [0.29, 0.717) is 5.13 Å². The van der Waals surface area contributed by atoms with Crippen LogP contribution >= 0.6 is 11.3 Å². The van der Waals surface area contributed by atoms with Crippen molar-refractivity contribution in [2.45, 2.75) is 40.5 Å². The van der Waals surface area contributed by atoms with Crippen LogP contribution in [0.5, 0.6) is 0 Å². The van der Waals surface area contributed by atoms with Crippen LogP contribution < -0.4 is 5.73 Å². The number of hydrogen-bond acceptors (Lipinski definition) is 3. The number of nitrogens with two attached hydrogens (primary N) is 1. The zero-order valence-corrected chi connectivity index (χ0v) is 12.3. The summed E-state index contributed by atoms with van der Waals surface area (Å²) in [7, 11) is 0. The van der Waals surface area contributed by atoms with Gasteiger partial charge in [-0.1, -0.05) is 17.7 Å². The molecule has 0 amide bonds. The van der Waals surface area contributed by atoms with Gasteiger partial charge in [0.1, 0.15) is 0 Å². The zero-order valence-electron chi connectivity index (χ0n) is 11.5. The minimum Gasteiger partial charge on any atom is -0.375 e. The van der Waals surface area contributed by atoms with Gasteiger partial charge in [0, 0.05) is 4.88 Å². The number of nitrogens with zero attached hydrogens (tertiary/aromatic N) is 1. The van der Waals surface area contributed by atoms with Crippen LogP contribution in [0.1, 0.15) is 32.8 Å². The Labute approximate surface area is 113 Å². The minimum atomic E-state index is 0.680. The Morgan fingerprint density at radius 1 is 1.06 bits per heavy atom. The van der Waals surface area contributed by atoms with E-state index in [0.717, 1.165) is 18.5 Å². The molecule has 2 rings (SSSR count). The third-order valence-electron chi connectivity index (χ3n) is 3.35. The lowest BCUT2D eigenvalue weighted by atomic mass is 9.96. The van der Waals surface area contributed by atoms with Crippen LogP contribution in [0, 0.1) is 27.7 Å². The molecule has 0 saturated heterocycles. The molecule has 0 saturated carbocycles. The van der Waals surface area contributed by atoms with Gasteiger partial charge >= 0.3 is 0 Å². The standard InChI is InChI=1S/C15H20N2S/c1-9-7-10(2)13(11(3)8-9)5-6-14-12(4)17-15(16)18-14/h7-8H,5-6H2,1-4H3,(H2,16,17). The second-order valence-electron chi connectivity index (χ2n) is 4.94. The molecular formula is C15H20N2S. The Kier molecular flexibility index (Phi) is 3.71. The quantitative estimate of drug-likeness (QED) is 0.913. The normalized spacial score (nSPS) is 10.9. The Bertz CT molecular complexity index is 547. The first-order valence-electron chi connectivity index (χ1n) is 6.26. The molecule has 2 N–H and O–H groups in total. The summed E-state index contributed by atoms with van der Waals surface area (Å²) >= 11 is 1.62. The minimum absolute atomic E-state index is 0.680. The number of aromatic nitrogens is 1. The molecule has 0 spiro atoms. The highest BCUT2D eigenvalue weighted by Crippen LogP contribution is 2.24. The molecule has 1 aromatic carbocycles. The maximum atomic E-state index is 5.74. The van der Waals surface area contributed by atoms with Crippen molar-refractivity contribution in [2.24, 2.45) is 0 Å². The first-order chi connectivity index (χ1) is 8.47. The van der Waals surface area contributed by atoms with Gasteiger partial charge in [0.2, 0.25) is 0 Å². The van der Waals surface area contributed by atoms with Crippen LogP contribution in [0.4, 0.5) is 5.13 Å². The molecule has 1 heterocycles. The molecular weight excluding hydrogens is 240 g/mol. The summed E-state index contributed by atoms with van der Waals surface area (Å²) in [5.41, 5.74) is 12.4. The largest absolute Gasteiger partial charge is 0.375 e. The summed E-state index contributed by atoms with van der Waals surface area (Å²) in [6.45, 7) is 8.58. The fraction of sp³-hybridized carbons (Fsp3) is 0.400. The fourth-order valence-corrected chi connectivity index (χ4v) is 3.36. The van der Waals surface area contributed by atoms with Crippen LogP contribution in [-0.2, 0) is 12.8 Å². The van der Waals surface area contributed by atoms with E-state index in [1.807, 2.05) is 6.92 Å². The summed E-state index contributed by atoms with van der Waals surface area (Å²) in [4.78, 5) is 5.59. The molecule has 0 unspecified atom stereocenters. The third kappa shape index (κ3) is 2.72. The van der Waals surface area contributed by atoms with Crippen LogP contribution in [0.2, 0.25) is 0 Å². The molecule has 0 fully saturated rings.